The van der Waals surface area contributed by atoms with Gasteiger partial charge in [-0.25, -0.2) is 8.42 Å². The molecule has 0 aromatic heterocycles. The van der Waals surface area contributed by atoms with Crippen molar-refractivity contribution in [2.45, 2.75) is 32.6 Å². The van der Waals surface area contributed by atoms with Gasteiger partial charge in [0.2, 0.25) is 10.0 Å². The lowest BCUT2D eigenvalue weighted by Crippen LogP contribution is -2.37. The van der Waals surface area contributed by atoms with Gasteiger partial charge in [-0.05, 0) is 49.2 Å². The van der Waals surface area contributed by atoms with Crippen LogP contribution in [0.1, 0.15) is 25.0 Å². The minimum atomic E-state index is -3.67. The van der Waals surface area contributed by atoms with E-state index in [4.69, 9.17) is 9.47 Å². The van der Waals surface area contributed by atoms with Gasteiger partial charge < -0.3 is 19.7 Å². The summed E-state index contributed by atoms with van der Waals surface area (Å²) in [6, 6.07) is 10.7. The van der Waals surface area contributed by atoms with E-state index in [-0.39, 0.29) is 17.4 Å². The Hall–Kier alpha value is -2.62. The van der Waals surface area contributed by atoms with E-state index < -0.39 is 10.0 Å². The third kappa shape index (κ3) is 6.04. The topological polar surface area (TPSA) is 88.2 Å². The summed E-state index contributed by atoms with van der Waals surface area (Å²) in [4.78, 5) is 15.0. The molecule has 0 aliphatic carbocycles. The molecule has 1 amide bonds. The van der Waals surface area contributed by atoms with Crippen molar-refractivity contribution >= 4 is 27.3 Å². The molecule has 1 heterocycles. The minimum absolute atomic E-state index is 0.147. The minimum Gasteiger partial charge on any atom is -0.483 e. The number of sulfonamides is 1. The van der Waals surface area contributed by atoms with E-state index in [1.807, 2.05) is 32.0 Å². The SMILES string of the molecule is CCN(CC)S(=O)(=O)c1ccc(N2CCOCC2)c(NC(=O)COc2cc(C)ccc2C)c1. The Bertz CT molecular complexity index is 1080. The monoisotopic (exact) mass is 475 g/mol. The second-order valence-corrected chi connectivity index (χ2v) is 9.91. The molecule has 1 aliphatic rings. The summed E-state index contributed by atoms with van der Waals surface area (Å²) in [5.74, 6) is 0.291. The van der Waals surface area contributed by atoms with Crippen LogP contribution in [0.15, 0.2) is 41.3 Å². The number of aryl methyl sites for hydroxylation is 2. The van der Waals surface area contributed by atoms with Gasteiger partial charge in [-0.2, -0.15) is 4.31 Å². The number of carbonyl (C=O) groups is 1. The third-order valence-corrected chi connectivity index (χ3v) is 7.69. The molecule has 0 unspecified atom stereocenters. The number of anilines is 2. The van der Waals surface area contributed by atoms with Crippen molar-refractivity contribution in [3.8, 4) is 5.75 Å². The fraction of sp³-hybridized carbons (Fsp3) is 0.458. The molecular formula is C24H33N3O5S. The zero-order valence-corrected chi connectivity index (χ0v) is 20.6. The van der Waals surface area contributed by atoms with Gasteiger partial charge in [0.15, 0.2) is 6.61 Å². The molecule has 1 saturated heterocycles. The number of rotatable bonds is 9. The van der Waals surface area contributed by atoms with E-state index in [1.165, 1.54) is 10.4 Å². The Labute approximate surface area is 196 Å². The maximum Gasteiger partial charge on any atom is 0.262 e. The first kappa shape index (κ1) is 25.0. The van der Waals surface area contributed by atoms with Crippen molar-refractivity contribution in [3.05, 3.63) is 47.5 Å². The normalized spacial score (nSPS) is 14.4. The molecule has 9 heteroatoms. The van der Waals surface area contributed by atoms with Gasteiger partial charge in [0, 0.05) is 26.2 Å². The maximum atomic E-state index is 13.1. The summed E-state index contributed by atoms with van der Waals surface area (Å²) >= 11 is 0. The van der Waals surface area contributed by atoms with Crippen LogP contribution in [-0.4, -0.2) is 64.6 Å². The van der Waals surface area contributed by atoms with E-state index in [1.54, 1.807) is 26.0 Å². The molecule has 2 aromatic rings. The van der Waals surface area contributed by atoms with E-state index in [0.717, 1.165) is 16.8 Å². The van der Waals surface area contributed by atoms with E-state index in [2.05, 4.69) is 10.2 Å². The maximum absolute atomic E-state index is 13.1. The second-order valence-electron chi connectivity index (χ2n) is 7.97. The molecule has 0 atom stereocenters. The van der Waals surface area contributed by atoms with E-state index in [9.17, 15) is 13.2 Å². The van der Waals surface area contributed by atoms with Crippen molar-refractivity contribution in [2.75, 3.05) is 56.2 Å². The molecule has 1 fully saturated rings. The zero-order valence-electron chi connectivity index (χ0n) is 19.8. The Morgan fingerprint density at radius 3 is 2.45 bits per heavy atom. The lowest BCUT2D eigenvalue weighted by molar-refractivity contribution is -0.118. The zero-order chi connectivity index (χ0) is 24.0. The van der Waals surface area contributed by atoms with Gasteiger partial charge in [-0.15, -0.1) is 0 Å². The lowest BCUT2D eigenvalue weighted by atomic mass is 10.1. The van der Waals surface area contributed by atoms with Gasteiger partial charge in [-0.3, -0.25) is 4.79 Å². The van der Waals surface area contributed by atoms with Crippen LogP contribution < -0.4 is 15.0 Å². The first-order valence-electron chi connectivity index (χ1n) is 11.2. The van der Waals surface area contributed by atoms with Crippen LogP contribution in [0.3, 0.4) is 0 Å². The average molecular weight is 476 g/mol. The van der Waals surface area contributed by atoms with Crippen molar-refractivity contribution in [1.29, 1.82) is 0 Å². The molecule has 0 bridgehead atoms. The molecule has 3 rings (SSSR count). The average Bonchev–Trinajstić information content (AvgIpc) is 2.81. The van der Waals surface area contributed by atoms with Gasteiger partial charge in [0.1, 0.15) is 5.75 Å². The summed E-state index contributed by atoms with van der Waals surface area (Å²) in [6.07, 6.45) is 0. The first-order chi connectivity index (χ1) is 15.8. The third-order valence-electron chi connectivity index (χ3n) is 5.64. The number of carbonyl (C=O) groups excluding carboxylic acids is 1. The van der Waals surface area contributed by atoms with Crippen LogP contribution in [-0.2, 0) is 19.6 Å². The lowest BCUT2D eigenvalue weighted by Gasteiger charge is -2.31. The predicted molar refractivity (Wildman–Crippen MR) is 130 cm³/mol. The van der Waals surface area contributed by atoms with Gasteiger partial charge >= 0.3 is 0 Å². The van der Waals surface area contributed by atoms with E-state index in [0.29, 0.717) is 50.8 Å². The highest BCUT2D eigenvalue weighted by Crippen LogP contribution is 2.31. The number of ether oxygens (including phenoxy) is 2. The van der Waals surface area contributed by atoms with Gasteiger partial charge in [0.25, 0.3) is 5.91 Å². The first-order valence-corrected chi connectivity index (χ1v) is 12.7. The largest absolute Gasteiger partial charge is 0.483 e. The molecular weight excluding hydrogens is 442 g/mol. The number of morpholine rings is 1. The summed E-state index contributed by atoms with van der Waals surface area (Å²) < 4.78 is 38.7. The molecule has 0 saturated carbocycles. The molecule has 180 valence electrons. The van der Waals surface area contributed by atoms with Crippen LogP contribution in [0.2, 0.25) is 0 Å². The molecule has 33 heavy (non-hydrogen) atoms. The highest BCUT2D eigenvalue weighted by atomic mass is 32.2. The highest BCUT2D eigenvalue weighted by Gasteiger charge is 2.25. The number of amides is 1. The van der Waals surface area contributed by atoms with Crippen LogP contribution in [0.25, 0.3) is 0 Å². The van der Waals surface area contributed by atoms with Gasteiger partial charge in [-0.1, -0.05) is 26.0 Å². The molecule has 1 aliphatic heterocycles. The quantitative estimate of drug-likeness (QED) is 0.599. The standard InChI is InChI=1S/C24H33N3O5S/c1-5-27(6-2)33(29,30)20-9-10-22(26-11-13-31-14-12-26)21(16-20)25-24(28)17-32-23-15-18(3)7-8-19(23)4/h7-10,15-16H,5-6,11-14,17H2,1-4H3,(H,25,28). The highest BCUT2D eigenvalue weighted by molar-refractivity contribution is 7.89. The number of benzene rings is 2. The Balaban J connectivity index is 1.86. The van der Waals surface area contributed by atoms with Crippen LogP contribution in [0, 0.1) is 13.8 Å². The number of nitrogens with zero attached hydrogens (tertiary/aromatic N) is 2. The molecule has 2 aromatic carbocycles. The van der Waals surface area contributed by atoms with Crippen LogP contribution in [0.4, 0.5) is 11.4 Å². The number of hydrogen-bond donors (Lipinski definition) is 1. The summed E-state index contributed by atoms with van der Waals surface area (Å²) in [5, 5.41) is 2.87. The van der Waals surface area contributed by atoms with Crippen molar-refractivity contribution in [2.24, 2.45) is 0 Å². The van der Waals surface area contributed by atoms with Crippen LogP contribution in [0.5, 0.6) is 5.75 Å². The molecule has 0 radical (unpaired) electrons. The van der Waals surface area contributed by atoms with Gasteiger partial charge in [0.05, 0.1) is 29.5 Å². The number of nitrogens with one attached hydrogen (secondary N) is 1. The van der Waals surface area contributed by atoms with Crippen molar-refractivity contribution < 1.29 is 22.7 Å². The van der Waals surface area contributed by atoms with Crippen molar-refractivity contribution in [1.82, 2.24) is 4.31 Å². The van der Waals surface area contributed by atoms with E-state index >= 15 is 0 Å². The molecule has 8 nitrogen and oxygen atoms in total. The van der Waals surface area contributed by atoms with Crippen molar-refractivity contribution in [3.63, 3.8) is 0 Å². The number of hydrogen-bond acceptors (Lipinski definition) is 6. The summed E-state index contributed by atoms with van der Waals surface area (Å²) in [6.45, 7) is 10.5. The van der Waals surface area contributed by atoms with Crippen LogP contribution >= 0.6 is 0 Å². The Morgan fingerprint density at radius 1 is 1.09 bits per heavy atom. The smallest absolute Gasteiger partial charge is 0.262 e. The second kappa shape index (κ2) is 11.0. The predicted octanol–water partition coefficient (Wildman–Crippen LogP) is 3.19. The fourth-order valence-electron chi connectivity index (χ4n) is 3.76. The fourth-order valence-corrected chi connectivity index (χ4v) is 5.25. The summed E-state index contributed by atoms with van der Waals surface area (Å²) in [7, 11) is -3.67. The Morgan fingerprint density at radius 2 is 1.79 bits per heavy atom. The molecule has 1 N–H and O–H groups in total. The summed E-state index contributed by atoms with van der Waals surface area (Å²) in [5.41, 5.74) is 3.19. The Kier molecular flexibility index (Phi) is 8.34. The molecule has 0 spiro atoms.